The Labute approximate surface area is 98.6 Å². The van der Waals surface area contributed by atoms with Gasteiger partial charge >= 0.3 is 0 Å². The highest BCUT2D eigenvalue weighted by Gasteiger charge is 2.33. The highest BCUT2D eigenvalue weighted by Crippen LogP contribution is 2.34. The summed E-state index contributed by atoms with van der Waals surface area (Å²) < 4.78 is 11.1. The van der Waals surface area contributed by atoms with E-state index in [1.807, 2.05) is 19.9 Å². The van der Waals surface area contributed by atoms with Gasteiger partial charge in [0.25, 0.3) is 0 Å². The lowest BCUT2D eigenvalue weighted by molar-refractivity contribution is -0.0947. The molecule has 1 saturated heterocycles. The first kappa shape index (κ1) is 13.2. The van der Waals surface area contributed by atoms with E-state index in [0.717, 1.165) is 26.1 Å². The largest absolute Gasteiger partial charge is 0.381 e. The Hall–Kier alpha value is -0.860. The molecule has 0 unspecified atom stereocenters. The Balaban J connectivity index is 0.000000606. The molecule has 16 heavy (non-hydrogen) atoms. The summed E-state index contributed by atoms with van der Waals surface area (Å²) in [5, 5.41) is 0. The predicted octanol–water partition coefficient (Wildman–Crippen LogP) is 3.36. The summed E-state index contributed by atoms with van der Waals surface area (Å²) >= 11 is 0. The van der Waals surface area contributed by atoms with Crippen LogP contribution in [0, 0.1) is 0 Å². The van der Waals surface area contributed by atoms with Gasteiger partial charge in [-0.25, -0.2) is 0 Å². The van der Waals surface area contributed by atoms with Gasteiger partial charge in [0.15, 0.2) is 0 Å². The summed E-state index contributed by atoms with van der Waals surface area (Å²) in [4.78, 5) is 0. The van der Waals surface area contributed by atoms with Gasteiger partial charge in [0.1, 0.15) is 0 Å². The van der Waals surface area contributed by atoms with E-state index in [2.05, 4.69) is 24.3 Å². The number of rotatable bonds is 2. The molecule has 0 saturated carbocycles. The molecule has 1 fully saturated rings. The van der Waals surface area contributed by atoms with E-state index in [1.54, 1.807) is 7.11 Å². The Morgan fingerprint density at radius 2 is 1.62 bits per heavy atom. The van der Waals surface area contributed by atoms with Crippen molar-refractivity contribution in [1.82, 2.24) is 0 Å². The minimum absolute atomic E-state index is 0.112. The van der Waals surface area contributed by atoms with Crippen molar-refractivity contribution >= 4 is 0 Å². The topological polar surface area (TPSA) is 18.5 Å². The average molecular weight is 222 g/mol. The fourth-order valence-corrected chi connectivity index (χ4v) is 2.05. The first-order chi connectivity index (χ1) is 7.87. The zero-order valence-electron chi connectivity index (χ0n) is 10.5. The summed E-state index contributed by atoms with van der Waals surface area (Å²) in [6, 6.07) is 10.4. The maximum atomic E-state index is 5.68. The smallest absolute Gasteiger partial charge is 0.0971 e. The summed E-state index contributed by atoms with van der Waals surface area (Å²) in [5.41, 5.74) is 1.16. The van der Waals surface area contributed by atoms with Crippen LogP contribution in [0.4, 0.5) is 0 Å². The molecule has 2 nitrogen and oxygen atoms in total. The molecule has 1 aliphatic rings. The third-order valence-electron chi connectivity index (χ3n) is 2.99. The molecule has 1 aromatic rings. The maximum absolute atomic E-state index is 5.68. The Morgan fingerprint density at radius 3 is 2.12 bits per heavy atom. The van der Waals surface area contributed by atoms with Crippen molar-refractivity contribution in [2.24, 2.45) is 0 Å². The van der Waals surface area contributed by atoms with Crippen LogP contribution in [0.25, 0.3) is 0 Å². The zero-order chi connectivity index (χ0) is 11.9. The fourth-order valence-electron chi connectivity index (χ4n) is 2.05. The monoisotopic (exact) mass is 222 g/mol. The summed E-state index contributed by atoms with van der Waals surface area (Å²) in [6.45, 7) is 5.59. The van der Waals surface area contributed by atoms with Gasteiger partial charge in [0.05, 0.1) is 5.60 Å². The van der Waals surface area contributed by atoms with Crippen molar-refractivity contribution in [2.75, 3.05) is 20.3 Å². The number of hydrogen-bond donors (Lipinski definition) is 0. The molecule has 0 radical (unpaired) electrons. The molecule has 0 aliphatic carbocycles. The number of hydrogen-bond acceptors (Lipinski definition) is 2. The standard InChI is InChI=1S/C12H16O2.C2H6/c1-13-12(7-9-14-10-8-12)11-5-3-2-4-6-11;1-2/h2-6H,7-10H2,1H3;1-2H3. The highest BCUT2D eigenvalue weighted by molar-refractivity contribution is 5.23. The summed E-state index contributed by atoms with van der Waals surface area (Å²) in [5.74, 6) is 0. The van der Waals surface area contributed by atoms with Crippen molar-refractivity contribution in [1.29, 1.82) is 0 Å². The number of benzene rings is 1. The molecule has 0 amide bonds. The van der Waals surface area contributed by atoms with E-state index in [-0.39, 0.29) is 5.60 Å². The normalized spacial score (nSPS) is 18.4. The fraction of sp³-hybridized carbons (Fsp3) is 0.571. The SMILES string of the molecule is CC.COC1(c2ccccc2)CCOCC1. The van der Waals surface area contributed by atoms with Crippen LogP contribution in [0.2, 0.25) is 0 Å². The predicted molar refractivity (Wildman–Crippen MR) is 66.5 cm³/mol. The lowest BCUT2D eigenvalue weighted by Gasteiger charge is -2.36. The van der Waals surface area contributed by atoms with Gasteiger partial charge in [-0.15, -0.1) is 0 Å². The lowest BCUT2D eigenvalue weighted by Crippen LogP contribution is -2.35. The van der Waals surface area contributed by atoms with E-state index in [1.165, 1.54) is 5.56 Å². The van der Waals surface area contributed by atoms with Crippen molar-refractivity contribution in [3.05, 3.63) is 35.9 Å². The first-order valence-electron chi connectivity index (χ1n) is 6.06. The van der Waals surface area contributed by atoms with Crippen LogP contribution in [-0.2, 0) is 15.1 Å². The molecule has 1 aromatic carbocycles. The van der Waals surface area contributed by atoms with Crippen molar-refractivity contribution < 1.29 is 9.47 Å². The third kappa shape index (κ3) is 2.83. The van der Waals surface area contributed by atoms with Crippen LogP contribution in [0.1, 0.15) is 32.3 Å². The number of methoxy groups -OCH3 is 1. The van der Waals surface area contributed by atoms with Gasteiger partial charge in [0, 0.05) is 33.2 Å². The van der Waals surface area contributed by atoms with Gasteiger partial charge in [-0.2, -0.15) is 0 Å². The first-order valence-corrected chi connectivity index (χ1v) is 6.06. The molecule has 0 aromatic heterocycles. The second-order valence-corrected chi connectivity index (χ2v) is 3.68. The lowest BCUT2D eigenvalue weighted by atomic mass is 9.86. The van der Waals surface area contributed by atoms with Crippen LogP contribution >= 0.6 is 0 Å². The van der Waals surface area contributed by atoms with E-state index in [9.17, 15) is 0 Å². The van der Waals surface area contributed by atoms with Crippen LogP contribution in [0.15, 0.2) is 30.3 Å². The Morgan fingerprint density at radius 1 is 1.06 bits per heavy atom. The molecule has 2 rings (SSSR count). The van der Waals surface area contributed by atoms with E-state index < -0.39 is 0 Å². The summed E-state index contributed by atoms with van der Waals surface area (Å²) in [6.07, 6.45) is 1.90. The van der Waals surface area contributed by atoms with Gasteiger partial charge < -0.3 is 9.47 Å². The van der Waals surface area contributed by atoms with Crippen LogP contribution in [0.5, 0.6) is 0 Å². The summed E-state index contributed by atoms with van der Waals surface area (Å²) in [7, 11) is 1.79. The molecule has 0 atom stereocenters. The minimum atomic E-state index is -0.112. The third-order valence-corrected chi connectivity index (χ3v) is 2.99. The van der Waals surface area contributed by atoms with Gasteiger partial charge in [-0.3, -0.25) is 0 Å². The Bertz CT molecular complexity index is 276. The Kier molecular flexibility index (Phi) is 5.50. The molecule has 90 valence electrons. The molecule has 1 aliphatic heterocycles. The molecule has 0 spiro atoms. The molecular formula is C14H22O2. The minimum Gasteiger partial charge on any atom is -0.381 e. The molecule has 0 N–H and O–H groups in total. The molecular weight excluding hydrogens is 200 g/mol. The zero-order valence-corrected chi connectivity index (χ0v) is 10.5. The average Bonchev–Trinajstić information content (AvgIpc) is 2.43. The van der Waals surface area contributed by atoms with Gasteiger partial charge in [0.2, 0.25) is 0 Å². The van der Waals surface area contributed by atoms with Gasteiger partial charge in [-0.05, 0) is 5.56 Å². The van der Waals surface area contributed by atoms with E-state index in [4.69, 9.17) is 9.47 Å². The highest BCUT2D eigenvalue weighted by atomic mass is 16.5. The van der Waals surface area contributed by atoms with Crippen LogP contribution < -0.4 is 0 Å². The maximum Gasteiger partial charge on any atom is 0.0971 e. The molecule has 1 heterocycles. The van der Waals surface area contributed by atoms with Crippen molar-refractivity contribution in [3.63, 3.8) is 0 Å². The van der Waals surface area contributed by atoms with Crippen LogP contribution in [0.3, 0.4) is 0 Å². The molecule has 2 heteroatoms. The molecule has 0 bridgehead atoms. The van der Waals surface area contributed by atoms with Crippen molar-refractivity contribution in [2.45, 2.75) is 32.3 Å². The quantitative estimate of drug-likeness (QED) is 0.764. The van der Waals surface area contributed by atoms with E-state index in [0.29, 0.717) is 0 Å². The van der Waals surface area contributed by atoms with Gasteiger partial charge in [-0.1, -0.05) is 44.2 Å². The second-order valence-electron chi connectivity index (χ2n) is 3.68. The van der Waals surface area contributed by atoms with E-state index >= 15 is 0 Å². The number of ether oxygens (including phenoxy) is 2. The second kappa shape index (κ2) is 6.66. The van der Waals surface area contributed by atoms with Crippen molar-refractivity contribution in [3.8, 4) is 0 Å². The van der Waals surface area contributed by atoms with Crippen LogP contribution in [-0.4, -0.2) is 20.3 Å².